The summed E-state index contributed by atoms with van der Waals surface area (Å²) in [4.78, 5) is 2.68. The first-order chi connectivity index (χ1) is 12.4. The Morgan fingerprint density at radius 1 is 0.800 bits per heavy atom. The molecule has 2 aromatic rings. The van der Waals surface area contributed by atoms with Crippen LogP contribution in [0.15, 0.2) is 60.7 Å². The van der Waals surface area contributed by atoms with Gasteiger partial charge < -0.3 is 5.73 Å². The van der Waals surface area contributed by atoms with E-state index in [1.165, 1.54) is 62.7 Å². The van der Waals surface area contributed by atoms with Crippen molar-refractivity contribution >= 4 is 0 Å². The van der Waals surface area contributed by atoms with Crippen LogP contribution in [-0.2, 0) is 0 Å². The second-order valence-electron chi connectivity index (χ2n) is 7.34. The number of nitrogens with two attached hydrogens (primary N) is 1. The molecule has 3 rings (SSSR count). The highest BCUT2D eigenvalue weighted by molar-refractivity contribution is 5.31. The molecule has 0 saturated carbocycles. The predicted octanol–water partition coefficient (Wildman–Crippen LogP) is 5.01. The molecular formula is C23H32N2. The summed E-state index contributed by atoms with van der Waals surface area (Å²) < 4.78 is 0. The fourth-order valence-electron chi connectivity index (χ4n) is 4.14. The Labute approximate surface area is 153 Å². The van der Waals surface area contributed by atoms with E-state index in [9.17, 15) is 0 Å². The van der Waals surface area contributed by atoms with Gasteiger partial charge in [-0.15, -0.1) is 0 Å². The molecule has 1 aliphatic heterocycles. The van der Waals surface area contributed by atoms with Gasteiger partial charge in [-0.1, -0.05) is 79.9 Å². The van der Waals surface area contributed by atoms with E-state index in [4.69, 9.17) is 5.73 Å². The number of piperidine rings is 1. The van der Waals surface area contributed by atoms with Gasteiger partial charge >= 0.3 is 0 Å². The van der Waals surface area contributed by atoms with Crippen molar-refractivity contribution in [2.24, 2.45) is 11.7 Å². The number of hydrogen-bond acceptors (Lipinski definition) is 2. The molecule has 1 fully saturated rings. The second-order valence-corrected chi connectivity index (χ2v) is 7.34. The van der Waals surface area contributed by atoms with E-state index in [0.717, 1.165) is 12.5 Å². The third-order valence-electron chi connectivity index (χ3n) is 5.56. The molecule has 2 N–H and O–H groups in total. The summed E-state index contributed by atoms with van der Waals surface area (Å²) in [6, 6.07) is 22.4. The maximum Gasteiger partial charge on any atom is 0.0601 e. The van der Waals surface area contributed by atoms with Crippen molar-refractivity contribution in [1.82, 2.24) is 4.90 Å². The Morgan fingerprint density at radius 2 is 1.36 bits per heavy atom. The van der Waals surface area contributed by atoms with Crippen molar-refractivity contribution < 1.29 is 0 Å². The average molecular weight is 337 g/mol. The molecule has 1 heterocycles. The molecule has 0 aliphatic carbocycles. The molecule has 0 atom stereocenters. The summed E-state index contributed by atoms with van der Waals surface area (Å²) >= 11 is 0. The van der Waals surface area contributed by atoms with Gasteiger partial charge in [0.25, 0.3) is 0 Å². The summed E-state index contributed by atoms with van der Waals surface area (Å²) in [7, 11) is 0. The number of nitrogens with zero attached hydrogens (tertiary/aromatic N) is 1. The smallest absolute Gasteiger partial charge is 0.0601 e. The van der Waals surface area contributed by atoms with E-state index in [-0.39, 0.29) is 0 Å². The molecule has 1 saturated heterocycles. The molecular weight excluding hydrogens is 304 g/mol. The van der Waals surface area contributed by atoms with Gasteiger partial charge in [-0.05, 0) is 55.9 Å². The highest BCUT2D eigenvalue weighted by Crippen LogP contribution is 2.33. The van der Waals surface area contributed by atoms with Crippen LogP contribution in [0.5, 0.6) is 0 Å². The Morgan fingerprint density at radius 3 is 1.88 bits per heavy atom. The Kier molecular flexibility index (Phi) is 7.08. The predicted molar refractivity (Wildman–Crippen MR) is 107 cm³/mol. The van der Waals surface area contributed by atoms with Gasteiger partial charge in [0, 0.05) is 0 Å². The Bertz CT molecular complexity index is 549. The molecule has 0 radical (unpaired) electrons. The van der Waals surface area contributed by atoms with Crippen molar-refractivity contribution in [3.8, 4) is 0 Å². The van der Waals surface area contributed by atoms with Crippen molar-refractivity contribution in [1.29, 1.82) is 0 Å². The van der Waals surface area contributed by atoms with Gasteiger partial charge in [-0.25, -0.2) is 0 Å². The fourth-order valence-corrected chi connectivity index (χ4v) is 4.14. The van der Waals surface area contributed by atoms with Gasteiger partial charge in [0.05, 0.1) is 6.04 Å². The lowest BCUT2D eigenvalue weighted by molar-refractivity contribution is 0.146. The van der Waals surface area contributed by atoms with Crippen LogP contribution in [0.25, 0.3) is 0 Å². The van der Waals surface area contributed by atoms with Gasteiger partial charge in [0.15, 0.2) is 0 Å². The van der Waals surface area contributed by atoms with Gasteiger partial charge in [0.1, 0.15) is 0 Å². The van der Waals surface area contributed by atoms with Crippen molar-refractivity contribution in [3.05, 3.63) is 71.8 Å². The molecule has 0 aromatic heterocycles. The summed E-state index contributed by atoms with van der Waals surface area (Å²) in [5.74, 6) is 0.904. The zero-order valence-corrected chi connectivity index (χ0v) is 15.3. The van der Waals surface area contributed by atoms with Crippen LogP contribution in [0.4, 0.5) is 0 Å². The number of unbranched alkanes of at least 4 members (excludes halogenated alkanes) is 2. The quantitative estimate of drug-likeness (QED) is 0.687. The third-order valence-corrected chi connectivity index (χ3v) is 5.56. The molecule has 2 heteroatoms. The van der Waals surface area contributed by atoms with Crippen LogP contribution >= 0.6 is 0 Å². The average Bonchev–Trinajstić information content (AvgIpc) is 2.68. The van der Waals surface area contributed by atoms with Crippen molar-refractivity contribution in [2.45, 2.75) is 44.6 Å². The monoisotopic (exact) mass is 336 g/mol. The Hall–Kier alpha value is -1.64. The standard InChI is InChI=1S/C23H32N2/c24-17-9-3-4-10-20-15-18-25(19-16-20)23(21-11-5-1-6-12-21)22-13-7-2-8-14-22/h1-2,5-8,11-14,20,23H,3-4,9-10,15-19,24H2. The first-order valence-electron chi connectivity index (χ1n) is 9.92. The molecule has 0 amide bonds. The molecule has 2 nitrogen and oxygen atoms in total. The van der Waals surface area contributed by atoms with Crippen LogP contribution in [-0.4, -0.2) is 24.5 Å². The van der Waals surface area contributed by atoms with Crippen LogP contribution in [0.2, 0.25) is 0 Å². The lowest BCUT2D eigenvalue weighted by atomic mass is 9.88. The summed E-state index contributed by atoms with van der Waals surface area (Å²) in [5.41, 5.74) is 8.43. The maximum absolute atomic E-state index is 5.60. The van der Waals surface area contributed by atoms with Gasteiger partial charge in [-0.2, -0.15) is 0 Å². The molecule has 25 heavy (non-hydrogen) atoms. The van der Waals surface area contributed by atoms with Crippen LogP contribution in [0.3, 0.4) is 0 Å². The Balaban J connectivity index is 1.63. The number of likely N-dealkylation sites (tertiary alicyclic amines) is 1. The summed E-state index contributed by atoms with van der Waals surface area (Å²) in [5, 5.41) is 0. The molecule has 0 spiro atoms. The van der Waals surface area contributed by atoms with Gasteiger partial charge in [0.2, 0.25) is 0 Å². The first-order valence-corrected chi connectivity index (χ1v) is 9.92. The van der Waals surface area contributed by atoms with E-state index in [0.29, 0.717) is 6.04 Å². The molecule has 0 unspecified atom stereocenters. The van der Waals surface area contributed by atoms with Crippen molar-refractivity contribution in [2.75, 3.05) is 19.6 Å². The topological polar surface area (TPSA) is 29.3 Å². The van der Waals surface area contributed by atoms with E-state index >= 15 is 0 Å². The normalized spacial score (nSPS) is 16.4. The van der Waals surface area contributed by atoms with E-state index in [1.807, 2.05) is 0 Å². The molecule has 1 aliphatic rings. The minimum Gasteiger partial charge on any atom is -0.330 e. The number of hydrogen-bond donors (Lipinski definition) is 1. The first kappa shape index (κ1) is 18.2. The lowest BCUT2D eigenvalue weighted by Gasteiger charge is -2.38. The summed E-state index contributed by atoms with van der Waals surface area (Å²) in [6.45, 7) is 3.25. The highest BCUT2D eigenvalue weighted by atomic mass is 15.2. The van der Waals surface area contributed by atoms with E-state index < -0.39 is 0 Å². The number of benzene rings is 2. The minimum absolute atomic E-state index is 0.389. The zero-order chi connectivity index (χ0) is 17.3. The van der Waals surface area contributed by atoms with Crippen LogP contribution in [0, 0.1) is 5.92 Å². The second kappa shape index (κ2) is 9.74. The summed E-state index contributed by atoms with van der Waals surface area (Å²) in [6.07, 6.45) is 7.88. The molecule has 2 aromatic carbocycles. The zero-order valence-electron chi connectivity index (χ0n) is 15.3. The SMILES string of the molecule is NCCCCCC1CCN(C(c2ccccc2)c2ccccc2)CC1. The van der Waals surface area contributed by atoms with Crippen molar-refractivity contribution in [3.63, 3.8) is 0 Å². The fraction of sp³-hybridized carbons (Fsp3) is 0.478. The molecule has 134 valence electrons. The highest BCUT2D eigenvalue weighted by Gasteiger charge is 2.26. The van der Waals surface area contributed by atoms with Gasteiger partial charge in [-0.3, -0.25) is 4.90 Å². The lowest BCUT2D eigenvalue weighted by Crippen LogP contribution is -2.37. The number of rotatable bonds is 8. The van der Waals surface area contributed by atoms with Crippen LogP contribution < -0.4 is 5.73 Å². The van der Waals surface area contributed by atoms with E-state index in [2.05, 4.69) is 65.6 Å². The third kappa shape index (κ3) is 5.17. The maximum atomic E-state index is 5.60. The molecule has 0 bridgehead atoms. The van der Waals surface area contributed by atoms with Crippen LogP contribution in [0.1, 0.15) is 55.7 Å². The minimum atomic E-state index is 0.389. The largest absolute Gasteiger partial charge is 0.330 e. The van der Waals surface area contributed by atoms with E-state index in [1.54, 1.807) is 0 Å².